The summed E-state index contributed by atoms with van der Waals surface area (Å²) in [5, 5.41) is 0. The summed E-state index contributed by atoms with van der Waals surface area (Å²) in [6.45, 7) is 1.15. The van der Waals surface area contributed by atoms with Crippen molar-refractivity contribution in [2.45, 2.75) is 38.3 Å². The summed E-state index contributed by atoms with van der Waals surface area (Å²) in [5.74, 6) is 0.160. The van der Waals surface area contributed by atoms with E-state index in [9.17, 15) is 14.4 Å². The Bertz CT molecular complexity index is 2390. The molecule has 1 fully saturated rings. The van der Waals surface area contributed by atoms with Crippen molar-refractivity contribution in [2.75, 3.05) is 12.8 Å². The van der Waals surface area contributed by atoms with Gasteiger partial charge in [0.15, 0.2) is 0 Å². The summed E-state index contributed by atoms with van der Waals surface area (Å²) in [6, 6.07) is 33.5. The Labute approximate surface area is 290 Å². The maximum absolute atomic E-state index is 12.6. The first-order valence-electron chi connectivity index (χ1n) is 16.0. The van der Waals surface area contributed by atoms with Crippen LogP contribution in [0.4, 0.5) is 5.69 Å². The molecule has 2 N–H and O–H groups in total. The SMILES string of the molecule is COC(=O)c1cc(C2CC2)cnc1Cc1ccc2c(c1)sc(=O)n2Cc1ccccc1.Nc1ccc2c(c1)sc(=O)n2Cc1ccccc1. The summed E-state index contributed by atoms with van der Waals surface area (Å²) >= 11 is 2.49. The quantitative estimate of drug-likeness (QED) is 0.131. The maximum atomic E-state index is 12.6. The second-order valence-corrected chi connectivity index (χ2v) is 14.1. The molecular weight excluding hydrogens is 653 g/mol. The van der Waals surface area contributed by atoms with Crippen LogP contribution in [-0.4, -0.2) is 27.2 Å². The summed E-state index contributed by atoms with van der Waals surface area (Å²) in [7, 11) is 1.40. The number of thiazole rings is 2. The van der Waals surface area contributed by atoms with Gasteiger partial charge in [-0.15, -0.1) is 0 Å². The van der Waals surface area contributed by atoms with Crippen molar-refractivity contribution in [2.24, 2.45) is 0 Å². The number of fused-ring (bicyclic) bond motifs is 2. The highest BCUT2D eigenvalue weighted by Gasteiger charge is 2.26. The van der Waals surface area contributed by atoms with E-state index in [1.807, 2.05) is 114 Å². The van der Waals surface area contributed by atoms with Gasteiger partial charge in [0, 0.05) is 18.3 Å². The van der Waals surface area contributed by atoms with Crippen molar-refractivity contribution < 1.29 is 9.53 Å². The molecule has 8 rings (SSSR count). The largest absolute Gasteiger partial charge is 0.465 e. The first-order valence-corrected chi connectivity index (χ1v) is 17.7. The number of hydrogen-bond donors (Lipinski definition) is 1. The Balaban J connectivity index is 0.000000178. The van der Waals surface area contributed by atoms with E-state index in [1.165, 1.54) is 29.8 Å². The number of carbonyl (C=O) groups is 1. The molecule has 49 heavy (non-hydrogen) atoms. The molecule has 1 saturated carbocycles. The number of aromatic nitrogens is 3. The topological polar surface area (TPSA) is 109 Å². The lowest BCUT2D eigenvalue weighted by atomic mass is 10.0. The smallest absolute Gasteiger partial charge is 0.339 e. The molecule has 0 unspecified atom stereocenters. The molecule has 246 valence electrons. The van der Waals surface area contributed by atoms with Crippen LogP contribution in [0.2, 0.25) is 0 Å². The molecule has 3 heterocycles. The molecule has 3 aromatic heterocycles. The van der Waals surface area contributed by atoms with Gasteiger partial charge in [-0.3, -0.25) is 23.7 Å². The summed E-state index contributed by atoms with van der Waals surface area (Å²) in [5.41, 5.74) is 13.9. The molecule has 7 aromatic rings. The monoisotopic (exact) mass is 686 g/mol. The molecule has 4 aromatic carbocycles. The van der Waals surface area contributed by atoms with E-state index in [-0.39, 0.29) is 15.7 Å². The van der Waals surface area contributed by atoms with Crippen LogP contribution >= 0.6 is 22.7 Å². The van der Waals surface area contributed by atoms with Crippen LogP contribution in [0.25, 0.3) is 20.4 Å². The predicted molar refractivity (Wildman–Crippen MR) is 198 cm³/mol. The summed E-state index contributed by atoms with van der Waals surface area (Å²) < 4.78 is 10.5. The fourth-order valence-electron chi connectivity index (χ4n) is 5.91. The number of rotatable bonds is 8. The van der Waals surface area contributed by atoms with Gasteiger partial charge < -0.3 is 10.5 Å². The molecule has 1 aliphatic carbocycles. The van der Waals surface area contributed by atoms with Crippen LogP contribution in [0.5, 0.6) is 0 Å². The number of nitrogens with two attached hydrogens (primary N) is 1. The van der Waals surface area contributed by atoms with Gasteiger partial charge in [-0.05, 0) is 77.4 Å². The Morgan fingerprint density at radius 1 is 0.776 bits per heavy atom. The average molecular weight is 687 g/mol. The van der Waals surface area contributed by atoms with Crippen LogP contribution in [0.1, 0.15) is 57.1 Å². The first-order chi connectivity index (χ1) is 23.9. The van der Waals surface area contributed by atoms with Gasteiger partial charge >= 0.3 is 15.7 Å². The van der Waals surface area contributed by atoms with Crippen LogP contribution in [-0.2, 0) is 24.2 Å². The van der Waals surface area contributed by atoms with E-state index < -0.39 is 0 Å². The zero-order chi connectivity index (χ0) is 33.9. The number of anilines is 1. The molecule has 0 atom stereocenters. The third-order valence-electron chi connectivity index (χ3n) is 8.61. The highest BCUT2D eigenvalue weighted by molar-refractivity contribution is 7.16. The minimum atomic E-state index is -0.357. The molecule has 0 amide bonds. The Hall–Kier alpha value is -5.32. The number of benzene rings is 4. The number of carbonyl (C=O) groups excluding carboxylic acids is 1. The minimum absolute atomic E-state index is 0.0261. The third-order valence-corrected chi connectivity index (χ3v) is 10.5. The van der Waals surface area contributed by atoms with Crippen LogP contribution in [0, 0.1) is 0 Å². The van der Waals surface area contributed by atoms with Gasteiger partial charge in [0.05, 0.1) is 51.9 Å². The normalized spacial score (nSPS) is 12.5. The van der Waals surface area contributed by atoms with Crippen LogP contribution in [0.3, 0.4) is 0 Å². The lowest BCUT2D eigenvalue weighted by Gasteiger charge is -2.10. The van der Waals surface area contributed by atoms with Crippen molar-refractivity contribution in [3.05, 3.63) is 162 Å². The minimum Gasteiger partial charge on any atom is -0.465 e. The van der Waals surface area contributed by atoms with Gasteiger partial charge in [-0.1, -0.05) is 89.4 Å². The summed E-state index contributed by atoms with van der Waals surface area (Å²) in [6.07, 6.45) is 4.69. The predicted octanol–water partition coefficient (Wildman–Crippen LogP) is 7.45. The van der Waals surface area contributed by atoms with E-state index >= 15 is 0 Å². The zero-order valence-electron chi connectivity index (χ0n) is 26.9. The lowest BCUT2D eigenvalue weighted by molar-refractivity contribution is 0.0599. The van der Waals surface area contributed by atoms with E-state index in [4.69, 9.17) is 10.5 Å². The van der Waals surface area contributed by atoms with Gasteiger partial charge in [0.25, 0.3) is 0 Å². The van der Waals surface area contributed by atoms with Gasteiger partial charge in [-0.2, -0.15) is 0 Å². The maximum Gasteiger partial charge on any atom is 0.339 e. The second-order valence-electron chi connectivity index (χ2n) is 12.1. The van der Waals surface area contributed by atoms with Crippen molar-refractivity contribution in [3.8, 4) is 0 Å². The fourth-order valence-corrected chi connectivity index (χ4v) is 7.80. The van der Waals surface area contributed by atoms with Crippen LogP contribution in [0.15, 0.2) is 119 Å². The molecule has 8 nitrogen and oxygen atoms in total. The Morgan fingerprint density at radius 3 is 1.92 bits per heavy atom. The molecular formula is C39H34N4O4S2. The second kappa shape index (κ2) is 14.0. The fraction of sp³-hybridized carbons (Fsp3) is 0.179. The summed E-state index contributed by atoms with van der Waals surface area (Å²) in [4.78, 5) is 41.6. The van der Waals surface area contributed by atoms with Crippen LogP contribution < -0.4 is 15.5 Å². The number of esters is 1. The number of nitrogen functional groups attached to an aromatic ring is 1. The first kappa shape index (κ1) is 32.2. The highest BCUT2D eigenvalue weighted by atomic mass is 32.1. The Morgan fingerprint density at radius 2 is 1.35 bits per heavy atom. The van der Waals surface area contributed by atoms with Crippen molar-refractivity contribution in [3.63, 3.8) is 0 Å². The average Bonchev–Trinajstić information content (AvgIpc) is 3.87. The highest BCUT2D eigenvalue weighted by Crippen LogP contribution is 2.40. The van der Waals surface area contributed by atoms with Crippen molar-refractivity contribution in [1.29, 1.82) is 0 Å². The number of hydrogen-bond acceptors (Lipinski definition) is 8. The third kappa shape index (κ3) is 7.25. The molecule has 10 heteroatoms. The number of nitrogens with zero attached hydrogens (tertiary/aromatic N) is 3. The zero-order valence-corrected chi connectivity index (χ0v) is 28.5. The molecule has 0 radical (unpaired) electrons. The standard InChI is InChI=1S/C25H22N2O3S.C14H12N2OS/c1-30-24(28)20-13-19(18-8-9-18)14-26-21(20)11-17-7-10-22-23(12-17)31-25(29)27(22)15-16-5-3-2-4-6-16;15-11-6-7-12-13(8-11)18-14(17)16(12)9-10-4-2-1-3-5-10/h2-7,10,12-14,18H,8-9,11,15H2,1H3;1-8H,9,15H2. The number of methoxy groups -OCH3 is 1. The van der Waals surface area contributed by atoms with Gasteiger partial charge in [-0.25, -0.2) is 4.79 Å². The number of ether oxygens (including phenoxy) is 1. The van der Waals surface area contributed by atoms with Crippen molar-refractivity contribution in [1.82, 2.24) is 14.1 Å². The number of pyridine rings is 1. The molecule has 0 aliphatic heterocycles. The molecule has 1 aliphatic rings. The van der Waals surface area contributed by atoms with Gasteiger partial charge in [0.1, 0.15) is 0 Å². The van der Waals surface area contributed by atoms with E-state index in [1.54, 1.807) is 4.57 Å². The van der Waals surface area contributed by atoms with E-state index in [0.29, 0.717) is 42.4 Å². The van der Waals surface area contributed by atoms with Gasteiger partial charge in [0.2, 0.25) is 0 Å². The molecule has 0 spiro atoms. The van der Waals surface area contributed by atoms with E-state index in [2.05, 4.69) is 4.98 Å². The van der Waals surface area contributed by atoms with Crippen molar-refractivity contribution >= 4 is 54.8 Å². The lowest BCUT2D eigenvalue weighted by Crippen LogP contribution is -2.13. The molecule has 0 saturated heterocycles. The Kier molecular flexibility index (Phi) is 9.23. The molecule has 0 bridgehead atoms. The van der Waals surface area contributed by atoms with E-state index in [0.717, 1.165) is 55.5 Å².